The molecule has 0 saturated carbocycles. The second-order valence-electron chi connectivity index (χ2n) is 6.11. The lowest BCUT2D eigenvalue weighted by atomic mass is 10.1. The zero-order valence-corrected chi connectivity index (χ0v) is 14.7. The molecule has 1 aromatic carbocycles. The summed E-state index contributed by atoms with van der Waals surface area (Å²) in [6.45, 7) is 1.92. The van der Waals surface area contributed by atoms with Gasteiger partial charge in [-0.2, -0.15) is 13.2 Å². The first kappa shape index (κ1) is 21.4. The number of aromatic nitrogens is 2. The largest absolute Gasteiger partial charge is 0.542 e. The van der Waals surface area contributed by atoms with Crippen molar-refractivity contribution in [3.63, 3.8) is 0 Å². The zero-order valence-electron chi connectivity index (χ0n) is 14.7. The number of carbonyl (C=O) groups excluding carboxylic acids is 2. The number of imidazole rings is 1. The number of hydrogen-bond acceptors (Lipinski definition) is 4. The first-order valence-corrected chi connectivity index (χ1v) is 8.32. The predicted octanol–water partition coefficient (Wildman–Crippen LogP) is -0.975. The fourth-order valence-corrected chi connectivity index (χ4v) is 2.99. The Kier molecular flexibility index (Phi) is 6.44. The van der Waals surface area contributed by atoms with Gasteiger partial charge in [-0.25, -0.2) is 9.18 Å². The number of nitrogens with one attached hydrogen (secondary N) is 2. The summed E-state index contributed by atoms with van der Waals surface area (Å²) < 4.78 is 47.3. The van der Waals surface area contributed by atoms with Gasteiger partial charge in [0.2, 0.25) is 0 Å². The van der Waals surface area contributed by atoms with Crippen molar-refractivity contribution in [2.24, 2.45) is 0 Å². The number of carbonyl (C=O) groups is 2. The number of alkyl halides is 3. The lowest BCUT2D eigenvalue weighted by Gasteiger charge is -2.21. The van der Waals surface area contributed by atoms with Gasteiger partial charge in [-0.05, 0) is 6.07 Å². The van der Waals surface area contributed by atoms with E-state index in [0.29, 0.717) is 11.0 Å². The van der Waals surface area contributed by atoms with E-state index in [-0.39, 0.29) is 17.3 Å². The van der Waals surface area contributed by atoms with E-state index in [2.05, 4.69) is 15.6 Å². The van der Waals surface area contributed by atoms with Gasteiger partial charge in [-0.3, -0.25) is 9.36 Å². The maximum absolute atomic E-state index is 14.1. The number of hydrogen-bond donors (Lipinski definition) is 3. The number of H-pyrrole nitrogens is 1. The van der Waals surface area contributed by atoms with Gasteiger partial charge in [0.15, 0.2) is 0 Å². The Morgan fingerprint density at radius 2 is 1.86 bits per heavy atom. The molecule has 1 fully saturated rings. The first-order valence-electron chi connectivity index (χ1n) is 8.32. The fourth-order valence-electron chi connectivity index (χ4n) is 2.99. The van der Waals surface area contributed by atoms with E-state index < -0.39 is 23.9 Å². The normalized spacial score (nSPS) is 15.0. The van der Waals surface area contributed by atoms with Crippen LogP contribution < -0.4 is 21.4 Å². The summed E-state index contributed by atoms with van der Waals surface area (Å²) >= 11 is 0. The number of rotatable bonds is 2. The second kappa shape index (κ2) is 8.42. The monoisotopic (exact) mass is 406 g/mol. The van der Waals surface area contributed by atoms with Crippen LogP contribution in [-0.2, 0) is 4.79 Å². The number of carboxylic acids is 1. The smallest absolute Gasteiger partial charge is 0.430 e. The lowest BCUT2D eigenvalue weighted by molar-refractivity contribution is -0.664. The topological polar surface area (TPSA) is 124 Å². The number of halogens is 4. The molecular formula is C16H18F4N4O4. The fraction of sp³-hybridized carbons (Fsp3) is 0.438. The molecule has 1 aliphatic rings. The van der Waals surface area contributed by atoms with Gasteiger partial charge in [-0.1, -0.05) is 0 Å². The van der Waals surface area contributed by atoms with Crippen LogP contribution in [0.1, 0.15) is 29.2 Å². The van der Waals surface area contributed by atoms with Crippen LogP contribution in [0.3, 0.4) is 0 Å². The first-order chi connectivity index (χ1) is 13.1. The summed E-state index contributed by atoms with van der Waals surface area (Å²) in [7, 11) is 1.44. The number of nitrogens with two attached hydrogens (primary N) is 1. The summed E-state index contributed by atoms with van der Waals surface area (Å²) in [6.07, 6.45) is -3.43. The molecule has 28 heavy (non-hydrogen) atoms. The third kappa shape index (κ3) is 4.68. The molecule has 4 N–H and O–H groups in total. The molecule has 2 aromatic rings. The highest BCUT2D eigenvalue weighted by Crippen LogP contribution is 2.23. The van der Waals surface area contributed by atoms with E-state index in [1.807, 2.05) is 0 Å². The van der Waals surface area contributed by atoms with E-state index in [4.69, 9.17) is 9.90 Å². The van der Waals surface area contributed by atoms with Gasteiger partial charge in [0.05, 0.1) is 29.7 Å². The predicted molar refractivity (Wildman–Crippen MR) is 86.9 cm³/mol. The lowest BCUT2D eigenvalue weighted by Crippen LogP contribution is -2.86. The van der Waals surface area contributed by atoms with Crippen molar-refractivity contribution in [1.82, 2.24) is 14.9 Å². The molecule has 12 heteroatoms. The van der Waals surface area contributed by atoms with Crippen molar-refractivity contribution in [2.45, 2.75) is 25.1 Å². The Hall–Kier alpha value is -2.89. The maximum atomic E-state index is 14.1. The maximum Gasteiger partial charge on any atom is 0.430 e. The number of quaternary nitrogens is 1. The molecule has 1 aliphatic heterocycles. The summed E-state index contributed by atoms with van der Waals surface area (Å²) in [5.74, 6) is -4.13. The molecule has 1 amide bonds. The van der Waals surface area contributed by atoms with Crippen molar-refractivity contribution in [1.29, 1.82) is 0 Å². The average Bonchev–Trinajstić information content (AvgIpc) is 2.95. The van der Waals surface area contributed by atoms with E-state index >= 15 is 0 Å². The third-order valence-corrected chi connectivity index (χ3v) is 4.28. The summed E-state index contributed by atoms with van der Waals surface area (Å²) in [4.78, 5) is 35.3. The summed E-state index contributed by atoms with van der Waals surface area (Å²) in [5.41, 5.74) is 0.715. The Bertz CT molecular complexity index is 929. The molecule has 154 valence electrons. The van der Waals surface area contributed by atoms with Gasteiger partial charge >= 0.3 is 11.9 Å². The molecule has 8 nitrogen and oxygen atoms in total. The van der Waals surface area contributed by atoms with Crippen LogP contribution in [-0.4, -0.2) is 47.7 Å². The van der Waals surface area contributed by atoms with E-state index in [1.54, 1.807) is 4.57 Å². The Labute approximate surface area is 155 Å². The molecular weight excluding hydrogens is 388 g/mol. The van der Waals surface area contributed by atoms with E-state index in [9.17, 15) is 27.2 Å². The number of aliphatic carboxylic acids is 1. The van der Waals surface area contributed by atoms with Crippen LogP contribution in [0.15, 0.2) is 16.9 Å². The van der Waals surface area contributed by atoms with Crippen LogP contribution in [0.5, 0.6) is 0 Å². The number of aromatic amines is 1. The van der Waals surface area contributed by atoms with E-state index in [1.165, 1.54) is 19.2 Å². The van der Waals surface area contributed by atoms with Crippen LogP contribution in [0.2, 0.25) is 0 Å². The highest BCUT2D eigenvalue weighted by atomic mass is 19.4. The molecule has 1 saturated heterocycles. The molecule has 1 aromatic heterocycles. The quantitative estimate of drug-likeness (QED) is 0.555. The van der Waals surface area contributed by atoms with Gasteiger partial charge in [0, 0.05) is 32.0 Å². The minimum atomic E-state index is -5.19. The highest BCUT2D eigenvalue weighted by Gasteiger charge is 2.28. The molecule has 3 rings (SSSR count). The molecule has 0 unspecified atom stereocenters. The molecule has 0 radical (unpaired) electrons. The van der Waals surface area contributed by atoms with Crippen LogP contribution in [0, 0.1) is 5.82 Å². The van der Waals surface area contributed by atoms with Gasteiger partial charge in [0.25, 0.3) is 5.91 Å². The third-order valence-electron chi connectivity index (χ3n) is 4.28. The Morgan fingerprint density at radius 1 is 1.29 bits per heavy atom. The number of nitrogens with zero attached hydrogens (tertiary/aromatic N) is 1. The van der Waals surface area contributed by atoms with Crippen molar-refractivity contribution in [3.8, 4) is 0 Å². The molecule has 0 aliphatic carbocycles. The summed E-state index contributed by atoms with van der Waals surface area (Å²) in [6, 6.07) is 2.76. The van der Waals surface area contributed by atoms with Crippen molar-refractivity contribution >= 4 is 22.9 Å². The van der Waals surface area contributed by atoms with Crippen molar-refractivity contribution in [2.75, 3.05) is 20.1 Å². The van der Waals surface area contributed by atoms with Crippen molar-refractivity contribution < 1.29 is 37.6 Å². The van der Waals surface area contributed by atoms with Gasteiger partial charge < -0.3 is 25.5 Å². The average molecular weight is 406 g/mol. The minimum absolute atomic E-state index is 0.0598. The summed E-state index contributed by atoms with van der Waals surface area (Å²) in [5, 5.41) is 13.4. The van der Waals surface area contributed by atoms with E-state index in [0.717, 1.165) is 25.9 Å². The molecule has 2 heterocycles. The van der Waals surface area contributed by atoms with Gasteiger partial charge in [0.1, 0.15) is 11.8 Å². The standard InChI is InChI=1S/C14H17FN4O2.C2HF3O2/c1-16-13(20)9-6-11-12(7-10(9)15)19(14(21)18-11)8-2-4-17-5-3-8;3-2(4,5)1(6)7/h6-8,17H,2-5H2,1H3,(H,16,20)(H,18,21);(H,6,7). The molecule has 0 bridgehead atoms. The van der Waals surface area contributed by atoms with Crippen molar-refractivity contribution in [3.05, 3.63) is 34.0 Å². The van der Waals surface area contributed by atoms with Crippen LogP contribution in [0.25, 0.3) is 11.0 Å². The Morgan fingerprint density at radius 3 is 2.36 bits per heavy atom. The Balaban J connectivity index is 0.000000345. The number of amides is 1. The molecule has 0 atom stereocenters. The number of piperidine rings is 1. The second-order valence-corrected chi connectivity index (χ2v) is 6.11. The van der Waals surface area contributed by atoms with Crippen LogP contribution >= 0.6 is 0 Å². The minimum Gasteiger partial charge on any atom is -0.542 e. The van der Waals surface area contributed by atoms with Gasteiger partial charge in [-0.15, -0.1) is 0 Å². The number of carboxylic acid groups (broad SMARTS) is 1. The highest BCUT2D eigenvalue weighted by molar-refractivity contribution is 5.97. The number of fused-ring (bicyclic) bond motifs is 1. The number of benzene rings is 1. The zero-order chi connectivity index (χ0) is 21.1. The molecule has 0 spiro atoms. The van der Waals surface area contributed by atoms with Crippen LogP contribution in [0.4, 0.5) is 17.6 Å². The SMILES string of the molecule is CNC(=O)c1cc2[nH]c(=O)n(C3CC[NH2+]CC3)c2cc1F.O=C([O-])C(F)(F)F.